The van der Waals surface area contributed by atoms with Gasteiger partial charge in [0.05, 0.1) is 19.8 Å². The zero-order valence-electron chi connectivity index (χ0n) is 10.2. The van der Waals surface area contributed by atoms with Gasteiger partial charge in [0.15, 0.2) is 0 Å². The second kappa shape index (κ2) is 3.44. The highest BCUT2D eigenvalue weighted by atomic mass is 16.6. The summed E-state index contributed by atoms with van der Waals surface area (Å²) in [5.41, 5.74) is -1.63. The Bertz CT molecular complexity index is 296. The van der Waals surface area contributed by atoms with Crippen LogP contribution in [0.3, 0.4) is 0 Å². The van der Waals surface area contributed by atoms with Gasteiger partial charge in [-0.1, -0.05) is 13.8 Å². The molecule has 1 heterocycles. The van der Waals surface area contributed by atoms with E-state index in [1.807, 2.05) is 0 Å². The minimum absolute atomic E-state index is 0.109. The molecule has 0 amide bonds. The van der Waals surface area contributed by atoms with Crippen molar-refractivity contribution >= 4 is 5.97 Å². The number of ether oxygens (including phenoxy) is 2. The Balaban J connectivity index is 2.19. The van der Waals surface area contributed by atoms with Gasteiger partial charge in [-0.05, 0) is 25.2 Å². The highest BCUT2D eigenvalue weighted by Gasteiger charge is 2.68. The zero-order valence-corrected chi connectivity index (χ0v) is 10.2. The van der Waals surface area contributed by atoms with Gasteiger partial charge in [-0.3, -0.25) is 4.79 Å². The summed E-state index contributed by atoms with van der Waals surface area (Å²) in [6, 6.07) is 0. The van der Waals surface area contributed by atoms with Gasteiger partial charge in [-0.25, -0.2) is 0 Å². The van der Waals surface area contributed by atoms with Crippen LogP contribution in [0.4, 0.5) is 0 Å². The lowest BCUT2D eigenvalue weighted by Gasteiger charge is -2.60. The SMILES string of the molecule is CCOC(=O)C1(C2(O)COC2)CC(C)(C)C1. The Hall–Kier alpha value is -0.610. The maximum Gasteiger partial charge on any atom is 0.315 e. The van der Waals surface area contributed by atoms with Crippen LogP contribution in [0.2, 0.25) is 0 Å². The molecule has 4 nitrogen and oxygen atoms in total. The van der Waals surface area contributed by atoms with Gasteiger partial charge in [0.25, 0.3) is 0 Å². The van der Waals surface area contributed by atoms with Crippen LogP contribution in [0.1, 0.15) is 33.6 Å². The summed E-state index contributed by atoms with van der Waals surface area (Å²) in [7, 11) is 0. The molecule has 0 atom stereocenters. The summed E-state index contributed by atoms with van der Waals surface area (Å²) in [5.74, 6) is -0.264. The van der Waals surface area contributed by atoms with Gasteiger partial charge in [0, 0.05) is 0 Å². The van der Waals surface area contributed by atoms with E-state index in [1.54, 1.807) is 6.92 Å². The molecule has 0 radical (unpaired) electrons. The van der Waals surface area contributed by atoms with Crippen LogP contribution >= 0.6 is 0 Å². The molecule has 2 fully saturated rings. The molecule has 1 aliphatic heterocycles. The van der Waals surface area contributed by atoms with Gasteiger partial charge in [0.1, 0.15) is 11.0 Å². The molecule has 0 spiro atoms. The van der Waals surface area contributed by atoms with Crippen LogP contribution < -0.4 is 0 Å². The molecule has 16 heavy (non-hydrogen) atoms. The maximum atomic E-state index is 12.0. The topological polar surface area (TPSA) is 55.8 Å². The predicted molar refractivity (Wildman–Crippen MR) is 57.8 cm³/mol. The van der Waals surface area contributed by atoms with Crippen LogP contribution in [0.15, 0.2) is 0 Å². The van der Waals surface area contributed by atoms with E-state index in [0.29, 0.717) is 19.4 Å². The first-order valence-electron chi connectivity index (χ1n) is 5.83. The number of hydrogen-bond donors (Lipinski definition) is 1. The van der Waals surface area contributed by atoms with Crippen molar-refractivity contribution in [2.45, 2.75) is 39.2 Å². The minimum Gasteiger partial charge on any atom is -0.465 e. The first-order valence-corrected chi connectivity index (χ1v) is 5.83. The van der Waals surface area contributed by atoms with E-state index < -0.39 is 11.0 Å². The summed E-state index contributed by atoms with van der Waals surface area (Å²) in [5, 5.41) is 10.4. The van der Waals surface area contributed by atoms with Gasteiger partial charge < -0.3 is 14.6 Å². The molecule has 0 unspecified atom stereocenters. The number of carbonyl (C=O) groups is 1. The van der Waals surface area contributed by atoms with Crippen molar-refractivity contribution in [1.82, 2.24) is 0 Å². The Morgan fingerprint density at radius 1 is 1.38 bits per heavy atom. The van der Waals surface area contributed by atoms with Crippen molar-refractivity contribution in [3.63, 3.8) is 0 Å². The molecule has 2 aliphatic rings. The van der Waals surface area contributed by atoms with E-state index in [9.17, 15) is 9.90 Å². The summed E-state index contributed by atoms with van der Waals surface area (Å²) in [6.45, 7) is 6.86. The van der Waals surface area contributed by atoms with Crippen molar-refractivity contribution in [3.8, 4) is 0 Å². The quantitative estimate of drug-likeness (QED) is 0.735. The molecule has 1 saturated heterocycles. The number of esters is 1. The fraction of sp³-hybridized carbons (Fsp3) is 0.917. The summed E-state index contributed by atoms with van der Waals surface area (Å²) < 4.78 is 10.2. The van der Waals surface area contributed by atoms with Crippen LogP contribution in [0.25, 0.3) is 0 Å². The molecule has 0 aromatic carbocycles. The first-order chi connectivity index (χ1) is 7.35. The van der Waals surface area contributed by atoms with Crippen molar-refractivity contribution in [3.05, 3.63) is 0 Å². The third-order valence-electron chi connectivity index (χ3n) is 3.80. The van der Waals surface area contributed by atoms with E-state index in [-0.39, 0.29) is 24.6 Å². The van der Waals surface area contributed by atoms with Gasteiger partial charge in [-0.2, -0.15) is 0 Å². The molecule has 1 aliphatic carbocycles. The van der Waals surface area contributed by atoms with Crippen molar-refractivity contribution < 1.29 is 19.4 Å². The third kappa shape index (κ3) is 1.47. The standard InChI is InChI=1S/C12H20O4/c1-4-16-9(13)11(5-10(2,3)6-11)12(14)7-15-8-12/h14H,4-8H2,1-3H3. The average Bonchev–Trinajstić information content (AvgIpc) is 2.10. The lowest BCUT2D eigenvalue weighted by atomic mass is 9.47. The normalized spacial score (nSPS) is 28.8. The van der Waals surface area contributed by atoms with E-state index in [1.165, 1.54) is 0 Å². The van der Waals surface area contributed by atoms with Gasteiger partial charge in [-0.15, -0.1) is 0 Å². The summed E-state index contributed by atoms with van der Waals surface area (Å²) in [6.07, 6.45) is 1.36. The van der Waals surface area contributed by atoms with E-state index >= 15 is 0 Å². The van der Waals surface area contributed by atoms with Crippen LogP contribution in [0, 0.1) is 10.8 Å². The van der Waals surface area contributed by atoms with Crippen LogP contribution in [-0.4, -0.2) is 36.5 Å². The first kappa shape index (κ1) is 11.9. The molecule has 0 aromatic heterocycles. The Labute approximate surface area is 95.9 Å². The Morgan fingerprint density at radius 3 is 2.25 bits per heavy atom. The van der Waals surface area contributed by atoms with Crippen molar-refractivity contribution in [2.24, 2.45) is 10.8 Å². The molecule has 0 aromatic rings. The molecular weight excluding hydrogens is 208 g/mol. The minimum atomic E-state index is -1.01. The van der Waals surface area contributed by atoms with Crippen molar-refractivity contribution in [2.75, 3.05) is 19.8 Å². The van der Waals surface area contributed by atoms with Gasteiger partial charge >= 0.3 is 5.97 Å². The number of hydrogen-bond acceptors (Lipinski definition) is 4. The molecule has 1 N–H and O–H groups in total. The van der Waals surface area contributed by atoms with Gasteiger partial charge in [0.2, 0.25) is 0 Å². The van der Waals surface area contributed by atoms with E-state index in [2.05, 4.69) is 13.8 Å². The van der Waals surface area contributed by atoms with Crippen LogP contribution in [-0.2, 0) is 14.3 Å². The Morgan fingerprint density at radius 2 is 1.94 bits per heavy atom. The monoisotopic (exact) mass is 228 g/mol. The zero-order chi connectivity index (χ0) is 12.0. The second-order valence-corrected chi connectivity index (χ2v) is 5.84. The number of aliphatic hydroxyl groups is 1. The lowest BCUT2D eigenvalue weighted by molar-refractivity contribution is -0.281. The smallest absolute Gasteiger partial charge is 0.315 e. The molecular formula is C12H20O4. The van der Waals surface area contributed by atoms with Crippen LogP contribution in [0.5, 0.6) is 0 Å². The second-order valence-electron chi connectivity index (χ2n) is 5.84. The average molecular weight is 228 g/mol. The number of carbonyl (C=O) groups excluding carboxylic acids is 1. The van der Waals surface area contributed by atoms with E-state index in [4.69, 9.17) is 9.47 Å². The molecule has 1 saturated carbocycles. The molecule has 0 bridgehead atoms. The highest BCUT2D eigenvalue weighted by Crippen LogP contribution is 2.61. The fourth-order valence-corrected chi connectivity index (χ4v) is 3.09. The summed E-state index contributed by atoms with van der Waals surface area (Å²) >= 11 is 0. The third-order valence-corrected chi connectivity index (χ3v) is 3.80. The Kier molecular flexibility index (Phi) is 2.55. The lowest BCUT2D eigenvalue weighted by Crippen LogP contribution is -2.70. The number of rotatable bonds is 3. The van der Waals surface area contributed by atoms with E-state index in [0.717, 1.165) is 0 Å². The molecule has 4 heteroatoms. The molecule has 92 valence electrons. The maximum absolute atomic E-state index is 12.0. The predicted octanol–water partition coefficient (Wildman–Crippen LogP) is 1.12. The summed E-state index contributed by atoms with van der Waals surface area (Å²) in [4.78, 5) is 12.0. The highest BCUT2D eigenvalue weighted by molar-refractivity contribution is 5.80. The largest absolute Gasteiger partial charge is 0.465 e. The fourth-order valence-electron chi connectivity index (χ4n) is 3.09. The van der Waals surface area contributed by atoms with Crippen molar-refractivity contribution in [1.29, 1.82) is 0 Å². The molecule has 2 rings (SSSR count).